The molecule has 0 fully saturated rings. The number of rotatable bonds is 4. The van der Waals surface area contributed by atoms with Gasteiger partial charge < -0.3 is 9.73 Å². The normalized spacial score (nSPS) is 10.2. The first-order valence-corrected chi connectivity index (χ1v) is 5.48. The Morgan fingerprint density at radius 3 is 3.00 bits per heavy atom. The molecule has 17 heavy (non-hydrogen) atoms. The van der Waals surface area contributed by atoms with Crippen LogP contribution in [0.5, 0.6) is 0 Å². The Morgan fingerprint density at radius 1 is 1.41 bits per heavy atom. The monoisotopic (exact) mass is 230 g/mol. The van der Waals surface area contributed by atoms with E-state index in [-0.39, 0.29) is 5.91 Å². The van der Waals surface area contributed by atoms with Gasteiger partial charge in [-0.1, -0.05) is 6.07 Å². The zero-order valence-electron chi connectivity index (χ0n) is 9.64. The van der Waals surface area contributed by atoms with Crippen LogP contribution < -0.4 is 5.32 Å². The molecule has 0 aliphatic rings. The predicted octanol–water partition coefficient (Wildman–Crippen LogP) is 2.55. The van der Waals surface area contributed by atoms with E-state index in [1.165, 1.54) is 0 Å². The van der Waals surface area contributed by atoms with Crippen molar-refractivity contribution in [3.8, 4) is 0 Å². The van der Waals surface area contributed by atoms with E-state index >= 15 is 0 Å². The first kappa shape index (κ1) is 11.4. The number of carbonyl (C=O) groups excluding carboxylic acids is 1. The molecule has 0 aliphatic heterocycles. The Kier molecular flexibility index (Phi) is 3.55. The Hall–Kier alpha value is -2.10. The third-order valence-corrected chi connectivity index (χ3v) is 2.38. The summed E-state index contributed by atoms with van der Waals surface area (Å²) in [5.41, 5.74) is 1.91. The summed E-state index contributed by atoms with van der Waals surface area (Å²) in [5.74, 6) is 0.562. The van der Waals surface area contributed by atoms with Crippen LogP contribution in [0.3, 0.4) is 0 Å². The van der Waals surface area contributed by atoms with Crippen molar-refractivity contribution in [3.63, 3.8) is 0 Å². The number of nitrogens with zero attached hydrogens (tertiary/aromatic N) is 1. The number of furan rings is 1. The van der Waals surface area contributed by atoms with Crippen LogP contribution in [0.25, 0.3) is 0 Å². The van der Waals surface area contributed by atoms with E-state index in [1.807, 2.05) is 25.1 Å². The molecule has 88 valence electrons. The molecule has 2 aromatic heterocycles. The second-order valence-electron chi connectivity index (χ2n) is 3.84. The molecule has 0 saturated carbocycles. The zero-order valence-corrected chi connectivity index (χ0v) is 9.64. The van der Waals surface area contributed by atoms with Crippen molar-refractivity contribution >= 4 is 11.7 Å². The van der Waals surface area contributed by atoms with E-state index in [9.17, 15) is 4.79 Å². The van der Waals surface area contributed by atoms with E-state index < -0.39 is 0 Å². The number of carbonyl (C=O) groups is 1. The summed E-state index contributed by atoms with van der Waals surface area (Å²) in [7, 11) is 0. The summed E-state index contributed by atoms with van der Waals surface area (Å²) >= 11 is 0. The number of nitrogens with one attached hydrogen (secondary N) is 1. The number of amides is 1. The van der Waals surface area contributed by atoms with E-state index in [2.05, 4.69) is 10.3 Å². The van der Waals surface area contributed by atoms with E-state index in [1.54, 1.807) is 18.6 Å². The second kappa shape index (κ2) is 5.30. The highest BCUT2D eigenvalue weighted by molar-refractivity contribution is 5.89. The van der Waals surface area contributed by atoms with Crippen LogP contribution in [0.2, 0.25) is 0 Å². The van der Waals surface area contributed by atoms with Gasteiger partial charge in [-0.15, -0.1) is 0 Å². The lowest BCUT2D eigenvalue weighted by Gasteiger charge is -2.04. The van der Waals surface area contributed by atoms with E-state index in [0.717, 1.165) is 11.3 Å². The van der Waals surface area contributed by atoms with Crippen molar-refractivity contribution in [2.24, 2.45) is 0 Å². The lowest BCUT2D eigenvalue weighted by molar-refractivity contribution is -0.116. The summed E-state index contributed by atoms with van der Waals surface area (Å²) in [6.07, 6.45) is 4.36. The van der Waals surface area contributed by atoms with Crippen molar-refractivity contribution in [3.05, 3.63) is 48.0 Å². The van der Waals surface area contributed by atoms with Gasteiger partial charge in [-0.2, -0.15) is 0 Å². The SMILES string of the molecule is Cc1cccc(NC(=O)CCc2ccoc2)n1. The number of aryl methyl sites for hydroxylation is 2. The van der Waals surface area contributed by atoms with E-state index in [0.29, 0.717) is 18.7 Å². The van der Waals surface area contributed by atoms with Crippen LogP contribution in [0.4, 0.5) is 5.82 Å². The van der Waals surface area contributed by atoms with Crippen LogP contribution in [0, 0.1) is 6.92 Å². The fourth-order valence-corrected chi connectivity index (χ4v) is 1.51. The quantitative estimate of drug-likeness (QED) is 0.878. The van der Waals surface area contributed by atoms with Gasteiger partial charge in [-0.25, -0.2) is 4.98 Å². The Morgan fingerprint density at radius 2 is 2.29 bits per heavy atom. The predicted molar refractivity (Wildman–Crippen MR) is 64.6 cm³/mol. The molecular weight excluding hydrogens is 216 g/mol. The van der Waals surface area contributed by atoms with Crippen LogP contribution >= 0.6 is 0 Å². The molecular formula is C13H14N2O2. The number of hydrogen-bond acceptors (Lipinski definition) is 3. The van der Waals surface area contributed by atoms with Crippen molar-refractivity contribution < 1.29 is 9.21 Å². The maximum Gasteiger partial charge on any atom is 0.225 e. The highest BCUT2D eigenvalue weighted by atomic mass is 16.3. The molecule has 0 aromatic carbocycles. The van der Waals surface area contributed by atoms with Crippen LogP contribution in [0.15, 0.2) is 41.2 Å². The average Bonchev–Trinajstić information content (AvgIpc) is 2.79. The summed E-state index contributed by atoms with van der Waals surface area (Å²) in [5, 5.41) is 2.76. The molecule has 0 saturated heterocycles. The molecule has 0 atom stereocenters. The van der Waals surface area contributed by atoms with Gasteiger partial charge in [0.2, 0.25) is 5.91 Å². The minimum absolute atomic E-state index is 0.0377. The van der Waals surface area contributed by atoms with Crippen molar-refractivity contribution in [1.29, 1.82) is 0 Å². The Balaban J connectivity index is 1.85. The maximum atomic E-state index is 11.6. The van der Waals surface area contributed by atoms with Crippen molar-refractivity contribution in [1.82, 2.24) is 4.98 Å². The molecule has 2 heterocycles. The van der Waals surface area contributed by atoms with Crippen LogP contribution in [-0.4, -0.2) is 10.9 Å². The minimum atomic E-state index is -0.0377. The first-order valence-electron chi connectivity index (χ1n) is 5.48. The van der Waals surface area contributed by atoms with Gasteiger partial charge in [0.15, 0.2) is 0 Å². The fourth-order valence-electron chi connectivity index (χ4n) is 1.51. The molecule has 4 nitrogen and oxygen atoms in total. The molecule has 1 amide bonds. The van der Waals surface area contributed by atoms with Crippen molar-refractivity contribution in [2.75, 3.05) is 5.32 Å². The molecule has 0 unspecified atom stereocenters. The lowest BCUT2D eigenvalue weighted by atomic mass is 10.2. The highest BCUT2D eigenvalue weighted by Crippen LogP contribution is 2.07. The molecule has 2 rings (SSSR count). The number of hydrogen-bond donors (Lipinski definition) is 1. The van der Waals surface area contributed by atoms with Gasteiger partial charge in [0.25, 0.3) is 0 Å². The van der Waals surface area contributed by atoms with E-state index in [4.69, 9.17) is 4.42 Å². The van der Waals surface area contributed by atoms with Gasteiger partial charge >= 0.3 is 0 Å². The number of anilines is 1. The zero-order chi connectivity index (χ0) is 12.1. The van der Waals surface area contributed by atoms with Gasteiger partial charge in [0, 0.05) is 12.1 Å². The lowest BCUT2D eigenvalue weighted by Crippen LogP contribution is -2.13. The summed E-state index contributed by atoms with van der Waals surface area (Å²) < 4.78 is 4.94. The van der Waals surface area contributed by atoms with Gasteiger partial charge in [0.1, 0.15) is 5.82 Å². The standard InChI is InChI=1S/C13H14N2O2/c1-10-3-2-4-12(14-10)15-13(16)6-5-11-7-8-17-9-11/h2-4,7-9H,5-6H2,1H3,(H,14,15,16). The molecule has 0 spiro atoms. The van der Waals surface area contributed by atoms with Gasteiger partial charge in [0.05, 0.1) is 12.5 Å². The molecule has 1 N–H and O–H groups in total. The average molecular weight is 230 g/mol. The topological polar surface area (TPSA) is 55.1 Å². The highest BCUT2D eigenvalue weighted by Gasteiger charge is 2.04. The molecule has 0 bridgehead atoms. The molecule has 2 aromatic rings. The molecule has 0 radical (unpaired) electrons. The van der Waals surface area contributed by atoms with Crippen molar-refractivity contribution in [2.45, 2.75) is 19.8 Å². The minimum Gasteiger partial charge on any atom is -0.472 e. The number of aromatic nitrogens is 1. The van der Waals surface area contributed by atoms with Crippen LogP contribution in [-0.2, 0) is 11.2 Å². The van der Waals surface area contributed by atoms with Gasteiger partial charge in [-0.3, -0.25) is 4.79 Å². The third-order valence-electron chi connectivity index (χ3n) is 2.38. The Labute approximate surface area is 99.7 Å². The first-order chi connectivity index (χ1) is 8.24. The fraction of sp³-hybridized carbons (Fsp3) is 0.231. The smallest absolute Gasteiger partial charge is 0.225 e. The number of pyridine rings is 1. The van der Waals surface area contributed by atoms with Gasteiger partial charge in [-0.05, 0) is 37.1 Å². The largest absolute Gasteiger partial charge is 0.472 e. The molecule has 4 heteroatoms. The summed E-state index contributed by atoms with van der Waals surface area (Å²) in [4.78, 5) is 15.8. The summed E-state index contributed by atoms with van der Waals surface area (Å²) in [6, 6.07) is 7.40. The summed E-state index contributed by atoms with van der Waals surface area (Å²) in [6.45, 7) is 1.89. The Bertz CT molecular complexity index is 492. The van der Waals surface area contributed by atoms with Crippen LogP contribution in [0.1, 0.15) is 17.7 Å². The third kappa shape index (κ3) is 3.45. The second-order valence-corrected chi connectivity index (χ2v) is 3.84. The molecule has 0 aliphatic carbocycles. The maximum absolute atomic E-state index is 11.6.